The van der Waals surface area contributed by atoms with E-state index in [2.05, 4.69) is 15.3 Å². The molecule has 5 rings (SSSR count). The number of fused-ring (bicyclic) bond motifs is 1. The Bertz CT molecular complexity index is 1630. The zero-order valence-electron chi connectivity index (χ0n) is 20.1. The number of Topliss-reactive ketones (excluding diaryl/α,β-unsaturated/α-hetero) is 1. The third-order valence-electron chi connectivity index (χ3n) is 5.96. The highest BCUT2D eigenvalue weighted by Gasteiger charge is 2.23. The Morgan fingerprint density at radius 2 is 1.69 bits per heavy atom. The van der Waals surface area contributed by atoms with Crippen molar-refractivity contribution in [3.8, 4) is 11.6 Å². The molecule has 7 nitrogen and oxygen atoms in total. The van der Waals surface area contributed by atoms with Crippen molar-refractivity contribution in [2.45, 2.75) is 37.8 Å². The number of thioether (sulfide) groups is 1. The van der Waals surface area contributed by atoms with E-state index < -0.39 is 5.25 Å². The van der Waals surface area contributed by atoms with Gasteiger partial charge < -0.3 is 4.42 Å². The first kappa shape index (κ1) is 23.7. The first-order valence-electron chi connectivity index (χ1n) is 11.6. The highest BCUT2D eigenvalue weighted by Crippen LogP contribution is 2.30. The summed E-state index contributed by atoms with van der Waals surface area (Å²) < 4.78 is 7.36. The van der Waals surface area contributed by atoms with Crippen LogP contribution in [0, 0.1) is 13.8 Å². The quantitative estimate of drug-likeness (QED) is 0.218. The molecule has 2 aromatic heterocycles. The lowest BCUT2D eigenvalue weighted by Gasteiger charge is -2.11. The Morgan fingerprint density at radius 3 is 2.47 bits per heavy atom. The van der Waals surface area contributed by atoms with Gasteiger partial charge in [0.05, 0.1) is 17.2 Å². The average molecular weight is 497 g/mol. The molecule has 5 aromatic rings. The maximum atomic E-state index is 13.1. The van der Waals surface area contributed by atoms with Gasteiger partial charge in [0.1, 0.15) is 0 Å². The van der Waals surface area contributed by atoms with E-state index in [1.807, 2.05) is 87.5 Å². The normalized spacial score (nSPS) is 12.1. The molecule has 180 valence electrons. The van der Waals surface area contributed by atoms with Crippen LogP contribution in [0.2, 0.25) is 0 Å². The fraction of sp³-hybridized carbons (Fsp3) is 0.179. The Hall–Kier alpha value is -4.04. The predicted molar refractivity (Wildman–Crippen MR) is 140 cm³/mol. The lowest BCUT2D eigenvalue weighted by molar-refractivity contribution is 0.0993. The van der Waals surface area contributed by atoms with Gasteiger partial charge in [-0.05, 0) is 44.0 Å². The zero-order chi connectivity index (χ0) is 25.2. The van der Waals surface area contributed by atoms with E-state index in [-0.39, 0.29) is 22.5 Å². The molecule has 8 heteroatoms. The van der Waals surface area contributed by atoms with Crippen LogP contribution in [0.1, 0.15) is 34.0 Å². The molecule has 0 N–H and O–H groups in total. The molecule has 0 fully saturated rings. The van der Waals surface area contributed by atoms with Gasteiger partial charge >= 0.3 is 0 Å². The first-order chi connectivity index (χ1) is 17.4. The number of carbonyl (C=O) groups excluding carboxylic acids is 1. The summed E-state index contributed by atoms with van der Waals surface area (Å²) in [6, 6.07) is 22.7. The number of carbonyl (C=O) groups is 1. The summed E-state index contributed by atoms with van der Waals surface area (Å²) in [7, 11) is 0. The van der Waals surface area contributed by atoms with Gasteiger partial charge in [-0.2, -0.15) is 5.10 Å². The van der Waals surface area contributed by atoms with E-state index in [9.17, 15) is 9.59 Å². The maximum absolute atomic E-state index is 13.1. The third-order valence-corrected chi connectivity index (χ3v) is 6.89. The smallest absolute Gasteiger partial charge is 0.277 e. The lowest BCUT2D eigenvalue weighted by Crippen LogP contribution is -2.24. The van der Waals surface area contributed by atoms with Crippen LogP contribution in [-0.2, 0) is 6.54 Å². The largest absolute Gasteiger partial charge is 0.409 e. The fourth-order valence-electron chi connectivity index (χ4n) is 4.03. The van der Waals surface area contributed by atoms with E-state index in [0.717, 1.165) is 16.7 Å². The second kappa shape index (κ2) is 9.91. The number of aromatic nitrogens is 4. The molecule has 2 heterocycles. The summed E-state index contributed by atoms with van der Waals surface area (Å²) >= 11 is 1.21. The van der Waals surface area contributed by atoms with Crippen molar-refractivity contribution in [1.82, 2.24) is 20.0 Å². The minimum Gasteiger partial charge on any atom is -0.409 e. The molecule has 0 amide bonds. The van der Waals surface area contributed by atoms with Crippen molar-refractivity contribution in [1.29, 1.82) is 0 Å². The van der Waals surface area contributed by atoms with Crippen molar-refractivity contribution < 1.29 is 9.21 Å². The second-order valence-corrected chi connectivity index (χ2v) is 9.95. The van der Waals surface area contributed by atoms with Gasteiger partial charge in [0.2, 0.25) is 0 Å². The molecule has 0 aliphatic carbocycles. The molecule has 3 aromatic carbocycles. The van der Waals surface area contributed by atoms with E-state index in [4.69, 9.17) is 4.42 Å². The van der Waals surface area contributed by atoms with Crippen LogP contribution in [0.5, 0.6) is 0 Å². The Labute approximate surface area is 212 Å². The van der Waals surface area contributed by atoms with Crippen LogP contribution in [0.3, 0.4) is 0 Å². The van der Waals surface area contributed by atoms with Gasteiger partial charge in [0.15, 0.2) is 11.5 Å². The molecule has 0 saturated carbocycles. The molecule has 0 saturated heterocycles. The first-order valence-corrected chi connectivity index (χ1v) is 12.4. The van der Waals surface area contributed by atoms with Gasteiger partial charge in [-0.25, -0.2) is 4.68 Å². The number of rotatable bonds is 7. The molecule has 0 aliphatic rings. The second-order valence-electron chi connectivity index (χ2n) is 8.66. The summed E-state index contributed by atoms with van der Waals surface area (Å²) in [5.41, 5.74) is 3.84. The monoisotopic (exact) mass is 496 g/mol. The minimum absolute atomic E-state index is 0.000866. The van der Waals surface area contributed by atoms with Crippen molar-refractivity contribution >= 4 is 28.3 Å². The number of aryl methyl sites for hydroxylation is 2. The number of hydrogen-bond acceptors (Lipinski definition) is 7. The molecule has 0 spiro atoms. The standard InChI is InChI=1S/C28H24N4O3S/c1-17-13-14-18(2)23(15-17)25(33)19(3)36-28-30-29-26(35-28)24-21-11-7-8-12-22(21)27(34)32(31-24)16-20-9-5-4-6-10-20/h4-15,19H,16H2,1-3H3. The fourth-order valence-corrected chi connectivity index (χ4v) is 4.79. The molecular formula is C28H24N4O3S. The number of ketones is 1. The van der Waals surface area contributed by atoms with E-state index >= 15 is 0 Å². The van der Waals surface area contributed by atoms with Crippen LogP contribution in [0.15, 0.2) is 87.2 Å². The van der Waals surface area contributed by atoms with Crippen LogP contribution in [0.25, 0.3) is 22.4 Å². The average Bonchev–Trinajstić information content (AvgIpc) is 3.35. The number of nitrogens with zero attached hydrogens (tertiary/aromatic N) is 4. The summed E-state index contributed by atoms with van der Waals surface area (Å²) in [6.45, 7) is 6.03. The molecule has 1 unspecified atom stereocenters. The van der Waals surface area contributed by atoms with E-state index in [1.165, 1.54) is 16.4 Å². The topological polar surface area (TPSA) is 90.9 Å². The van der Waals surface area contributed by atoms with E-state index in [0.29, 0.717) is 28.6 Å². The summed E-state index contributed by atoms with van der Waals surface area (Å²) in [4.78, 5) is 26.2. The van der Waals surface area contributed by atoms with Crippen LogP contribution in [-0.4, -0.2) is 31.0 Å². The summed E-state index contributed by atoms with van der Waals surface area (Å²) in [5.74, 6) is 0.197. The summed E-state index contributed by atoms with van der Waals surface area (Å²) in [6.07, 6.45) is 0. The molecule has 0 radical (unpaired) electrons. The third kappa shape index (κ3) is 4.72. The number of hydrogen-bond donors (Lipinski definition) is 0. The lowest BCUT2D eigenvalue weighted by atomic mass is 10.0. The molecule has 0 aliphatic heterocycles. The highest BCUT2D eigenvalue weighted by atomic mass is 32.2. The van der Waals surface area contributed by atoms with Gasteiger partial charge in [-0.15, -0.1) is 10.2 Å². The van der Waals surface area contributed by atoms with Crippen molar-refractivity contribution in [2.75, 3.05) is 0 Å². The van der Waals surface area contributed by atoms with Gasteiger partial charge in [-0.1, -0.05) is 78.0 Å². The minimum atomic E-state index is -0.421. The zero-order valence-corrected chi connectivity index (χ0v) is 21.0. The van der Waals surface area contributed by atoms with Gasteiger partial charge in [0, 0.05) is 10.9 Å². The number of benzene rings is 3. The SMILES string of the molecule is Cc1ccc(C)c(C(=O)C(C)Sc2nnc(-c3nn(Cc4ccccc4)c(=O)c4ccccc34)o2)c1. The molecular weight excluding hydrogens is 472 g/mol. The van der Waals surface area contributed by atoms with Gasteiger partial charge in [0.25, 0.3) is 16.7 Å². The van der Waals surface area contributed by atoms with E-state index in [1.54, 1.807) is 6.07 Å². The Morgan fingerprint density at radius 1 is 0.972 bits per heavy atom. The maximum Gasteiger partial charge on any atom is 0.277 e. The van der Waals surface area contributed by atoms with Crippen molar-refractivity contribution in [3.05, 3.63) is 105 Å². The summed E-state index contributed by atoms with van der Waals surface area (Å²) in [5, 5.41) is 14.0. The predicted octanol–water partition coefficient (Wildman–Crippen LogP) is 5.48. The Kier molecular flexibility index (Phi) is 6.52. The van der Waals surface area contributed by atoms with Crippen LogP contribution >= 0.6 is 11.8 Å². The molecule has 0 bridgehead atoms. The van der Waals surface area contributed by atoms with Crippen molar-refractivity contribution in [3.63, 3.8) is 0 Å². The van der Waals surface area contributed by atoms with Gasteiger partial charge in [-0.3, -0.25) is 9.59 Å². The molecule has 1 atom stereocenters. The van der Waals surface area contributed by atoms with Crippen LogP contribution in [0.4, 0.5) is 0 Å². The van der Waals surface area contributed by atoms with Crippen LogP contribution < -0.4 is 5.56 Å². The Balaban J connectivity index is 1.47. The van der Waals surface area contributed by atoms with Crippen molar-refractivity contribution in [2.24, 2.45) is 0 Å². The highest BCUT2D eigenvalue weighted by molar-refractivity contribution is 8.00. The molecule has 36 heavy (non-hydrogen) atoms.